The standard InChI is InChI=1S/C14H23NO4S/c1-18-8-4-10-20(16,17)11-5-9-19-14-7-3-2-6-13(14)12-15/h2-3,6-7H,4-5,8-12,15H2,1H3. The van der Waals surface area contributed by atoms with E-state index in [2.05, 4.69) is 0 Å². The van der Waals surface area contributed by atoms with Crippen molar-refractivity contribution in [1.29, 1.82) is 0 Å². The number of ether oxygens (including phenoxy) is 2. The van der Waals surface area contributed by atoms with Crippen LogP contribution in [0.4, 0.5) is 0 Å². The maximum atomic E-state index is 11.7. The smallest absolute Gasteiger partial charge is 0.150 e. The summed E-state index contributed by atoms with van der Waals surface area (Å²) in [6.07, 6.45) is 1.02. The molecule has 0 radical (unpaired) electrons. The molecular weight excluding hydrogens is 278 g/mol. The van der Waals surface area contributed by atoms with Crippen LogP contribution in [0.3, 0.4) is 0 Å². The van der Waals surface area contributed by atoms with Crippen molar-refractivity contribution in [2.75, 3.05) is 31.8 Å². The fourth-order valence-electron chi connectivity index (χ4n) is 1.80. The van der Waals surface area contributed by atoms with E-state index < -0.39 is 9.84 Å². The molecule has 0 saturated carbocycles. The van der Waals surface area contributed by atoms with Crippen LogP contribution in [0.15, 0.2) is 24.3 Å². The number of benzene rings is 1. The van der Waals surface area contributed by atoms with Crippen molar-refractivity contribution in [1.82, 2.24) is 0 Å². The van der Waals surface area contributed by atoms with E-state index in [1.165, 1.54) is 0 Å². The molecule has 0 aliphatic heterocycles. The van der Waals surface area contributed by atoms with Crippen LogP contribution in [0.1, 0.15) is 18.4 Å². The highest BCUT2D eigenvalue weighted by Crippen LogP contribution is 2.17. The minimum Gasteiger partial charge on any atom is -0.493 e. The molecule has 1 aromatic rings. The van der Waals surface area contributed by atoms with Gasteiger partial charge < -0.3 is 15.2 Å². The first-order chi connectivity index (χ1) is 9.59. The van der Waals surface area contributed by atoms with Crippen molar-refractivity contribution in [3.05, 3.63) is 29.8 Å². The summed E-state index contributed by atoms with van der Waals surface area (Å²) in [6.45, 7) is 1.26. The summed E-state index contributed by atoms with van der Waals surface area (Å²) in [5.41, 5.74) is 6.53. The van der Waals surface area contributed by atoms with Gasteiger partial charge in [-0.05, 0) is 18.9 Å². The second-order valence-corrected chi connectivity index (χ2v) is 6.82. The SMILES string of the molecule is COCCCS(=O)(=O)CCCOc1ccccc1CN. The lowest BCUT2D eigenvalue weighted by atomic mass is 10.2. The van der Waals surface area contributed by atoms with Gasteiger partial charge in [0.1, 0.15) is 5.75 Å². The fourth-order valence-corrected chi connectivity index (χ4v) is 3.12. The number of hydrogen-bond acceptors (Lipinski definition) is 5. The zero-order valence-electron chi connectivity index (χ0n) is 11.9. The summed E-state index contributed by atoms with van der Waals surface area (Å²) in [5.74, 6) is 1.04. The molecule has 20 heavy (non-hydrogen) atoms. The average molecular weight is 301 g/mol. The molecule has 114 valence electrons. The van der Waals surface area contributed by atoms with Crippen LogP contribution in [0.2, 0.25) is 0 Å². The number of para-hydroxylation sites is 1. The Morgan fingerprint density at radius 3 is 2.40 bits per heavy atom. The summed E-state index contributed by atoms with van der Waals surface area (Å²) in [6, 6.07) is 7.51. The highest BCUT2D eigenvalue weighted by molar-refractivity contribution is 7.91. The predicted octanol–water partition coefficient (Wildman–Crippen LogP) is 1.37. The van der Waals surface area contributed by atoms with Crippen molar-refractivity contribution < 1.29 is 17.9 Å². The molecule has 0 bridgehead atoms. The summed E-state index contributed by atoms with van der Waals surface area (Å²) in [5, 5.41) is 0. The number of methoxy groups -OCH3 is 1. The van der Waals surface area contributed by atoms with Gasteiger partial charge in [0.2, 0.25) is 0 Å². The molecule has 0 aromatic heterocycles. The van der Waals surface area contributed by atoms with Gasteiger partial charge in [0.25, 0.3) is 0 Å². The van der Waals surface area contributed by atoms with Crippen LogP contribution in [-0.4, -0.2) is 40.2 Å². The quantitative estimate of drug-likeness (QED) is 0.660. The zero-order chi connectivity index (χ0) is 14.8. The third kappa shape index (κ3) is 6.36. The van der Waals surface area contributed by atoms with Crippen molar-refractivity contribution in [3.8, 4) is 5.75 Å². The summed E-state index contributed by atoms with van der Waals surface area (Å²) < 4.78 is 33.8. The highest BCUT2D eigenvalue weighted by atomic mass is 32.2. The zero-order valence-corrected chi connectivity index (χ0v) is 12.7. The summed E-state index contributed by atoms with van der Waals surface area (Å²) in [4.78, 5) is 0. The molecule has 2 N–H and O–H groups in total. The van der Waals surface area contributed by atoms with E-state index in [0.717, 1.165) is 11.3 Å². The van der Waals surface area contributed by atoms with E-state index in [1.54, 1.807) is 7.11 Å². The van der Waals surface area contributed by atoms with Gasteiger partial charge in [0, 0.05) is 25.8 Å². The molecule has 0 aliphatic rings. The molecule has 0 heterocycles. The topological polar surface area (TPSA) is 78.6 Å². The van der Waals surface area contributed by atoms with E-state index in [9.17, 15) is 8.42 Å². The second-order valence-electron chi connectivity index (χ2n) is 4.51. The summed E-state index contributed by atoms with van der Waals surface area (Å²) >= 11 is 0. The molecule has 0 spiro atoms. The van der Waals surface area contributed by atoms with Crippen LogP contribution in [0.5, 0.6) is 5.75 Å². The first-order valence-electron chi connectivity index (χ1n) is 6.69. The molecule has 1 rings (SSSR count). The second kappa shape index (κ2) is 8.94. The Kier molecular flexibility index (Phi) is 7.58. The van der Waals surface area contributed by atoms with Gasteiger partial charge in [-0.15, -0.1) is 0 Å². The molecule has 6 heteroatoms. The molecule has 0 amide bonds. The van der Waals surface area contributed by atoms with E-state index in [4.69, 9.17) is 15.2 Å². The van der Waals surface area contributed by atoms with Crippen molar-refractivity contribution >= 4 is 9.84 Å². The third-order valence-corrected chi connectivity index (χ3v) is 4.67. The molecule has 0 saturated heterocycles. The average Bonchev–Trinajstić information content (AvgIpc) is 2.44. The lowest BCUT2D eigenvalue weighted by Crippen LogP contribution is -2.15. The predicted molar refractivity (Wildman–Crippen MR) is 79.6 cm³/mol. The van der Waals surface area contributed by atoms with Crippen LogP contribution in [0, 0.1) is 0 Å². The van der Waals surface area contributed by atoms with E-state index in [1.807, 2.05) is 24.3 Å². The molecule has 0 atom stereocenters. The van der Waals surface area contributed by atoms with E-state index >= 15 is 0 Å². The minimum atomic E-state index is -3.01. The van der Waals surface area contributed by atoms with Crippen LogP contribution in [-0.2, 0) is 21.1 Å². The van der Waals surface area contributed by atoms with Gasteiger partial charge in [0.05, 0.1) is 18.1 Å². The Bertz CT molecular complexity index is 488. The Morgan fingerprint density at radius 1 is 1.10 bits per heavy atom. The number of sulfone groups is 1. The molecule has 0 fully saturated rings. The van der Waals surface area contributed by atoms with Gasteiger partial charge in [-0.2, -0.15) is 0 Å². The molecular formula is C14H23NO4S. The maximum absolute atomic E-state index is 11.7. The van der Waals surface area contributed by atoms with Gasteiger partial charge in [-0.25, -0.2) is 8.42 Å². The van der Waals surface area contributed by atoms with Crippen molar-refractivity contribution in [3.63, 3.8) is 0 Å². The van der Waals surface area contributed by atoms with Crippen LogP contribution in [0.25, 0.3) is 0 Å². The Morgan fingerprint density at radius 2 is 1.75 bits per heavy atom. The minimum absolute atomic E-state index is 0.140. The summed E-state index contributed by atoms with van der Waals surface area (Å²) in [7, 11) is -1.44. The maximum Gasteiger partial charge on any atom is 0.150 e. The molecule has 0 unspecified atom stereocenters. The number of hydrogen-bond donors (Lipinski definition) is 1. The third-order valence-electron chi connectivity index (χ3n) is 2.85. The first-order valence-corrected chi connectivity index (χ1v) is 8.51. The molecule has 1 aromatic carbocycles. The van der Waals surface area contributed by atoms with E-state index in [-0.39, 0.29) is 11.5 Å². The largest absolute Gasteiger partial charge is 0.493 e. The van der Waals surface area contributed by atoms with Gasteiger partial charge in [-0.1, -0.05) is 18.2 Å². The Labute approximate surface area is 121 Å². The van der Waals surface area contributed by atoms with Crippen LogP contribution >= 0.6 is 0 Å². The molecule has 0 aliphatic carbocycles. The van der Waals surface area contributed by atoms with Gasteiger partial charge in [0.15, 0.2) is 9.84 Å². The number of nitrogens with two attached hydrogens (primary N) is 1. The fraction of sp³-hybridized carbons (Fsp3) is 0.571. The lowest BCUT2D eigenvalue weighted by Gasteiger charge is -2.10. The first kappa shape index (κ1) is 16.9. The molecule has 5 nitrogen and oxygen atoms in total. The van der Waals surface area contributed by atoms with Crippen molar-refractivity contribution in [2.45, 2.75) is 19.4 Å². The van der Waals surface area contributed by atoms with Crippen LogP contribution < -0.4 is 10.5 Å². The van der Waals surface area contributed by atoms with Crippen molar-refractivity contribution in [2.24, 2.45) is 5.73 Å². The number of rotatable bonds is 10. The normalized spacial score (nSPS) is 11.5. The Balaban J connectivity index is 2.31. The monoisotopic (exact) mass is 301 g/mol. The Hall–Kier alpha value is -1.11. The lowest BCUT2D eigenvalue weighted by molar-refractivity contribution is 0.199. The highest BCUT2D eigenvalue weighted by Gasteiger charge is 2.10. The van der Waals surface area contributed by atoms with E-state index in [0.29, 0.717) is 32.6 Å². The van der Waals surface area contributed by atoms with Gasteiger partial charge in [-0.3, -0.25) is 0 Å². The van der Waals surface area contributed by atoms with Gasteiger partial charge >= 0.3 is 0 Å².